The number of aromatic nitrogens is 3. The fourth-order valence-corrected chi connectivity index (χ4v) is 2.88. The van der Waals surface area contributed by atoms with E-state index in [1.807, 2.05) is 6.07 Å². The Labute approximate surface area is 108 Å². The second-order valence-electron chi connectivity index (χ2n) is 5.53. The molecule has 0 N–H and O–H groups in total. The Hall–Kier alpha value is -1.42. The van der Waals surface area contributed by atoms with Crippen molar-refractivity contribution in [2.45, 2.75) is 26.2 Å². The summed E-state index contributed by atoms with van der Waals surface area (Å²) >= 11 is 0. The Morgan fingerprint density at radius 3 is 3.06 bits per heavy atom. The quantitative estimate of drug-likeness (QED) is 0.809. The van der Waals surface area contributed by atoms with Crippen molar-refractivity contribution >= 4 is 5.65 Å². The van der Waals surface area contributed by atoms with E-state index in [0.717, 1.165) is 23.8 Å². The van der Waals surface area contributed by atoms with Gasteiger partial charge < -0.3 is 4.90 Å². The van der Waals surface area contributed by atoms with Crippen LogP contribution in [0.15, 0.2) is 18.3 Å². The number of fused-ring (bicyclic) bond motifs is 1. The lowest BCUT2D eigenvalue weighted by Gasteiger charge is -2.29. The molecule has 1 fully saturated rings. The largest absolute Gasteiger partial charge is 0.306 e. The number of piperidine rings is 1. The second kappa shape index (κ2) is 4.69. The highest BCUT2D eigenvalue weighted by molar-refractivity contribution is 5.39. The van der Waals surface area contributed by atoms with Crippen LogP contribution in [0.3, 0.4) is 0 Å². The SMILES string of the molecule is Cc1ccc2nnc(CC3CCCN(C)C3)n2c1. The van der Waals surface area contributed by atoms with Gasteiger partial charge in [0.25, 0.3) is 0 Å². The fraction of sp³-hybridized carbons (Fsp3) is 0.571. The van der Waals surface area contributed by atoms with Crippen LogP contribution in [0.25, 0.3) is 5.65 Å². The molecule has 0 aliphatic carbocycles. The highest BCUT2D eigenvalue weighted by atomic mass is 15.2. The Bertz CT molecular complexity index is 546. The maximum atomic E-state index is 4.35. The molecule has 96 valence electrons. The van der Waals surface area contributed by atoms with Crippen molar-refractivity contribution in [2.75, 3.05) is 20.1 Å². The van der Waals surface area contributed by atoms with Crippen molar-refractivity contribution in [1.29, 1.82) is 0 Å². The van der Waals surface area contributed by atoms with Crippen molar-refractivity contribution in [3.63, 3.8) is 0 Å². The molecule has 2 aromatic rings. The lowest BCUT2D eigenvalue weighted by Crippen LogP contribution is -2.33. The molecule has 1 atom stereocenters. The Balaban J connectivity index is 1.83. The highest BCUT2D eigenvalue weighted by Crippen LogP contribution is 2.19. The van der Waals surface area contributed by atoms with Crippen LogP contribution in [0.1, 0.15) is 24.2 Å². The van der Waals surface area contributed by atoms with Crippen LogP contribution in [0.5, 0.6) is 0 Å². The van der Waals surface area contributed by atoms with Crippen LogP contribution in [-0.4, -0.2) is 39.6 Å². The maximum Gasteiger partial charge on any atom is 0.160 e. The lowest BCUT2D eigenvalue weighted by atomic mass is 9.95. The minimum absolute atomic E-state index is 0.719. The van der Waals surface area contributed by atoms with Gasteiger partial charge in [-0.05, 0) is 50.9 Å². The van der Waals surface area contributed by atoms with E-state index in [9.17, 15) is 0 Å². The zero-order valence-corrected chi connectivity index (χ0v) is 11.1. The van der Waals surface area contributed by atoms with E-state index >= 15 is 0 Å². The van der Waals surface area contributed by atoms with E-state index in [4.69, 9.17) is 0 Å². The topological polar surface area (TPSA) is 33.4 Å². The van der Waals surface area contributed by atoms with E-state index in [-0.39, 0.29) is 0 Å². The molecule has 1 unspecified atom stereocenters. The average molecular weight is 244 g/mol. The highest BCUT2D eigenvalue weighted by Gasteiger charge is 2.19. The summed E-state index contributed by atoms with van der Waals surface area (Å²) < 4.78 is 2.14. The van der Waals surface area contributed by atoms with Crippen molar-refractivity contribution < 1.29 is 0 Å². The fourth-order valence-electron chi connectivity index (χ4n) is 2.88. The molecule has 0 spiro atoms. The van der Waals surface area contributed by atoms with Crippen LogP contribution in [-0.2, 0) is 6.42 Å². The molecule has 3 rings (SSSR count). The van der Waals surface area contributed by atoms with Gasteiger partial charge in [0.1, 0.15) is 5.82 Å². The third-order valence-corrected chi connectivity index (χ3v) is 3.81. The van der Waals surface area contributed by atoms with E-state index in [1.54, 1.807) is 0 Å². The number of nitrogens with zero attached hydrogens (tertiary/aromatic N) is 4. The molecule has 0 radical (unpaired) electrons. The molecule has 0 aromatic carbocycles. The van der Waals surface area contributed by atoms with Crippen LogP contribution in [0.4, 0.5) is 0 Å². The van der Waals surface area contributed by atoms with Gasteiger partial charge in [-0.1, -0.05) is 6.07 Å². The summed E-state index contributed by atoms with van der Waals surface area (Å²) in [6, 6.07) is 4.13. The summed E-state index contributed by atoms with van der Waals surface area (Å²) in [5.74, 6) is 1.82. The first kappa shape index (κ1) is 11.7. The summed E-state index contributed by atoms with van der Waals surface area (Å²) in [4.78, 5) is 2.42. The summed E-state index contributed by atoms with van der Waals surface area (Å²) in [6.45, 7) is 4.52. The molecule has 1 aliphatic rings. The van der Waals surface area contributed by atoms with Gasteiger partial charge in [0.05, 0.1) is 0 Å². The molecule has 1 aliphatic heterocycles. The zero-order chi connectivity index (χ0) is 12.5. The first-order valence-electron chi connectivity index (χ1n) is 6.71. The molecular weight excluding hydrogens is 224 g/mol. The number of rotatable bonds is 2. The maximum absolute atomic E-state index is 4.35. The van der Waals surface area contributed by atoms with Crippen LogP contribution < -0.4 is 0 Å². The Morgan fingerprint density at radius 1 is 1.33 bits per heavy atom. The van der Waals surface area contributed by atoms with Crippen LogP contribution in [0, 0.1) is 12.8 Å². The summed E-state index contributed by atoms with van der Waals surface area (Å²) in [5.41, 5.74) is 2.21. The van der Waals surface area contributed by atoms with Crippen molar-refractivity contribution in [3.8, 4) is 0 Å². The van der Waals surface area contributed by atoms with Crippen molar-refractivity contribution in [1.82, 2.24) is 19.5 Å². The van der Waals surface area contributed by atoms with E-state index < -0.39 is 0 Å². The lowest BCUT2D eigenvalue weighted by molar-refractivity contribution is 0.207. The van der Waals surface area contributed by atoms with Gasteiger partial charge in [-0.3, -0.25) is 4.40 Å². The first-order valence-corrected chi connectivity index (χ1v) is 6.71. The van der Waals surface area contributed by atoms with E-state index in [1.165, 1.54) is 31.5 Å². The van der Waals surface area contributed by atoms with Gasteiger partial charge in [-0.2, -0.15) is 0 Å². The molecule has 0 amide bonds. The Kier molecular flexibility index (Phi) is 3.04. The molecule has 18 heavy (non-hydrogen) atoms. The van der Waals surface area contributed by atoms with Gasteiger partial charge >= 0.3 is 0 Å². The average Bonchev–Trinajstić information content (AvgIpc) is 2.72. The number of likely N-dealkylation sites (tertiary alicyclic amines) is 1. The molecule has 4 heteroatoms. The molecule has 4 nitrogen and oxygen atoms in total. The minimum Gasteiger partial charge on any atom is -0.306 e. The molecule has 2 aromatic heterocycles. The van der Waals surface area contributed by atoms with Crippen molar-refractivity contribution in [3.05, 3.63) is 29.7 Å². The minimum atomic E-state index is 0.719. The summed E-state index contributed by atoms with van der Waals surface area (Å²) in [5, 5.41) is 8.59. The first-order chi connectivity index (χ1) is 8.72. The summed E-state index contributed by atoms with van der Waals surface area (Å²) in [7, 11) is 2.21. The number of aryl methyl sites for hydroxylation is 1. The number of hydrogen-bond donors (Lipinski definition) is 0. The predicted molar refractivity (Wildman–Crippen MR) is 71.6 cm³/mol. The van der Waals surface area contributed by atoms with Crippen LogP contribution >= 0.6 is 0 Å². The third kappa shape index (κ3) is 2.25. The predicted octanol–water partition coefficient (Wildman–Crippen LogP) is 1.92. The van der Waals surface area contributed by atoms with Gasteiger partial charge in [-0.25, -0.2) is 0 Å². The van der Waals surface area contributed by atoms with Crippen molar-refractivity contribution in [2.24, 2.45) is 5.92 Å². The van der Waals surface area contributed by atoms with E-state index in [0.29, 0.717) is 0 Å². The number of pyridine rings is 1. The smallest absolute Gasteiger partial charge is 0.160 e. The zero-order valence-electron chi connectivity index (χ0n) is 11.1. The molecule has 3 heterocycles. The number of hydrogen-bond acceptors (Lipinski definition) is 3. The van der Waals surface area contributed by atoms with Gasteiger partial charge in [0.15, 0.2) is 5.65 Å². The normalized spacial score (nSPS) is 21.6. The second-order valence-corrected chi connectivity index (χ2v) is 5.53. The van der Waals surface area contributed by atoms with E-state index in [2.05, 4.69) is 45.7 Å². The molecule has 0 saturated carbocycles. The van der Waals surface area contributed by atoms with Gasteiger partial charge in [-0.15, -0.1) is 10.2 Å². The molecular formula is C14H20N4. The van der Waals surface area contributed by atoms with Crippen LogP contribution in [0.2, 0.25) is 0 Å². The molecule has 0 bridgehead atoms. The van der Waals surface area contributed by atoms with Gasteiger partial charge in [0.2, 0.25) is 0 Å². The van der Waals surface area contributed by atoms with Gasteiger partial charge in [0, 0.05) is 19.2 Å². The monoisotopic (exact) mass is 244 g/mol. The summed E-state index contributed by atoms with van der Waals surface area (Å²) in [6.07, 6.45) is 5.79. The Morgan fingerprint density at radius 2 is 2.22 bits per heavy atom. The standard InChI is InChI=1S/C14H20N4/c1-11-5-6-13-15-16-14(18(13)9-11)8-12-4-3-7-17(2)10-12/h5-6,9,12H,3-4,7-8,10H2,1-2H3. The third-order valence-electron chi connectivity index (χ3n) is 3.81. The molecule has 1 saturated heterocycles.